The molecule has 9 heterocycles. The second-order valence-corrected chi connectivity index (χ2v) is 37.7. The third kappa shape index (κ3) is 15.6. The van der Waals surface area contributed by atoms with E-state index in [1.165, 1.54) is 88.3 Å². The largest absolute Gasteiger partial charge is 0.291 e. The second-order valence-electron chi connectivity index (χ2n) is 37.7. The highest BCUT2D eigenvalue weighted by molar-refractivity contribution is 6.08. The van der Waals surface area contributed by atoms with Gasteiger partial charge in [0.05, 0.1) is 72.9 Å². The van der Waals surface area contributed by atoms with E-state index in [0.29, 0.717) is 29.1 Å². The van der Waals surface area contributed by atoms with Crippen molar-refractivity contribution in [2.75, 3.05) is 0 Å². The molecule has 0 saturated carbocycles. The Kier molecular flexibility index (Phi) is 21.3. The Labute approximate surface area is 858 Å². The first-order valence-corrected chi connectivity index (χ1v) is 50.1. The van der Waals surface area contributed by atoms with Crippen LogP contribution in [0.15, 0.2) is 516 Å². The molecule has 13 heteroatoms. The van der Waals surface area contributed by atoms with Crippen LogP contribution < -0.4 is 0 Å². The number of aromatic nitrogens is 13. The van der Waals surface area contributed by atoms with Crippen molar-refractivity contribution < 1.29 is 0 Å². The first kappa shape index (κ1) is 86.6. The molecule has 0 aliphatic carbocycles. The summed E-state index contributed by atoms with van der Waals surface area (Å²) in [5.74, 6) is 5.96. The zero-order chi connectivity index (χ0) is 98.4. The molecule has 0 unspecified atom stereocenters. The van der Waals surface area contributed by atoms with E-state index in [4.69, 9.17) is 49.8 Å². The van der Waals surface area contributed by atoms with Crippen molar-refractivity contribution in [3.8, 4) is 231 Å². The predicted molar refractivity (Wildman–Crippen MR) is 607 cm³/mol. The van der Waals surface area contributed by atoms with E-state index in [1.54, 1.807) is 0 Å². The van der Waals surface area contributed by atoms with E-state index in [1.807, 2.05) is 72.8 Å². The Morgan fingerprint density at radius 2 is 0.356 bits per heavy atom. The average molecular weight is 1900 g/mol. The Morgan fingerprint density at radius 3 is 0.711 bits per heavy atom. The smallest absolute Gasteiger partial charge is 0.164 e. The molecule has 3 aliphatic heterocycles. The van der Waals surface area contributed by atoms with E-state index in [2.05, 4.69) is 457 Å². The summed E-state index contributed by atoms with van der Waals surface area (Å²) in [6.07, 6.45) is 0. The molecule has 0 N–H and O–H groups in total. The number of fused-ring (bicyclic) bond motifs is 17. The predicted octanol–water partition coefficient (Wildman–Crippen LogP) is 33.8. The summed E-state index contributed by atoms with van der Waals surface area (Å²) in [6, 6.07) is 180. The third-order valence-corrected chi connectivity index (χ3v) is 28.8. The third-order valence-electron chi connectivity index (χ3n) is 28.8. The van der Waals surface area contributed by atoms with Crippen molar-refractivity contribution in [1.29, 1.82) is 0 Å². The Balaban J connectivity index is 0.000000108. The molecule has 30 rings (SSSR count). The van der Waals surface area contributed by atoms with Gasteiger partial charge >= 0.3 is 0 Å². The second kappa shape index (κ2) is 36.6. The van der Waals surface area contributed by atoms with E-state index in [0.717, 1.165) is 168 Å². The van der Waals surface area contributed by atoms with Crippen molar-refractivity contribution in [2.45, 2.75) is 0 Å². The van der Waals surface area contributed by atoms with Gasteiger partial charge in [-0.2, -0.15) is 0 Å². The zero-order valence-corrected chi connectivity index (χ0v) is 80.4. The molecule has 0 radical (unpaired) electrons. The van der Waals surface area contributed by atoms with Gasteiger partial charge < -0.3 is 0 Å². The first-order valence-electron chi connectivity index (χ1n) is 50.1. The van der Waals surface area contributed by atoms with Crippen molar-refractivity contribution in [3.63, 3.8) is 0 Å². The Bertz CT molecular complexity index is 9800. The summed E-state index contributed by atoms with van der Waals surface area (Å²) in [4.78, 5) is 51.2. The molecule has 694 valence electrons. The molecule has 0 saturated heterocycles. The standard InChI is InChI=1S/C49H30N4.C46H29N5.C41H26N4/c1-3-12-35-28-37(26-20-31(35)10-1)44-30-45(38-27-21-32-11-2-4-13-36(32)29-38)51-48(50-44)33-22-24-34(25-23-33)49-52-43-18-9-17-42-40-15-6-5-14-39(40)41-16-7-8-19-46(41)53(49)47(42)43;1-3-13-30(14-4-1)34-17-11-18-35(29-34)45-49-43(31-15-5-2-6-16-31)48-44(50-45)32-25-27-33(28-26-32)46-47-40-23-12-22-39-37-20-8-7-19-36(37)38-21-9-10-24-41(38)51(46)42(39)40;1-3-12-27(13-4-1)36-26-37(28-14-5-2-6-15-28)43-40(42-36)29-22-24-30(25-23-29)41-44-35-20-11-19-34-32-17-8-7-16-31(32)33-18-9-10-21-38(33)45(41)39(34)35/h1-30H;1-29H;1-26H. The quantitative estimate of drug-likeness (QED) is 0.109. The van der Waals surface area contributed by atoms with Crippen molar-refractivity contribution in [3.05, 3.63) is 516 Å². The number of para-hydroxylation sites is 6. The van der Waals surface area contributed by atoms with Gasteiger partial charge in [0.1, 0.15) is 17.5 Å². The van der Waals surface area contributed by atoms with Crippen LogP contribution in [0.2, 0.25) is 0 Å². The fourth-order valence-electron chi connectivity index (χ4n) is 21.6. The van der Waals surface area contributed by atoms with Gasteiger partial charge in [0, 0.05) is 100 Å². The maximum Gasteiger partial charge on any atom is 0.164 e. The lowest BCUT2D eigenvalue weighted by Gasteiger charge is -2.14. The molecule has 21 aromatic carbocycles. The SMILES string of the molecule is c1ccc(-c2cc(-c3ccccc3)nc(-c3ccc(-c4nc5cccc6c5n4-c4ccccc4-c4ccccc4-6)cc3)n2)cc1.c1ccc(-c2cccc(-c3nc(-c4ccccc4)nc(-c4ccc(-c5nc6cccc7c6n5-c5ccccc5-c5ccccc5-7)cc4)n3)c2)cc1.c1ccc2c(c1)-c1ccccc1-n1c(-c3ccc(-c4nc(-c5ccc6ccccc6c5)cc(-c5ccc6ccccc6c5)n4)cc3)nc3cccc-2c31. The van der Waals surface area contributed by atoms with Crippen LogP contribution >= 0.6 is 0 Å². The lowest BCUT2D eigenvalue weighted by Crippen LogP contribution is -2.01. The molecule has 0 fully saturated rings. The van der Waals surface area contributed by atoms with Gasteiger partial charge in [-0.1, -0.05) is 449 Å². The summed E-state index contributed by atoms with van der Waals surface area (Å²) in [5.41, 5.74) is 41.9. The summed E-state index contributed by atoms with van der Waals surface area (Å²) in [6.45, 7) is 0. The summed E-state index contributed by atoms with van der Waals surface area (Å²) in [5, 5.41) is 4.77. The highest BCUT2D eigenvalue weighted by atomic mass is 15.1. The maximum atomic E-state index is 5.26. The number of rotatable bonds is 13. The lowest BCUT2D eigenvalue weighted by atomic mass is 9.94. The van der Waals surface area contributed by atoms with Crippen LogP contribution in [-0.4, -0.2) is 63.5 Å². The number of benzene rings is 21. The average Bonchev–Trinajstić information content (AvgIpc) is 1.58. The van der Waals surface area contributed by atoms with E-state index in [-0.39, 0.29) is 0 Å². The highest BCUT2D eigenvalue weighted by Gasteiger charge is 2.31. The van der Waals surface area contributed by atoms with Crippen LogP contribution in [0.25, 0.3) is 286 Å². The van der Waals surface area contributed by atoms with Crippen LogP contribution in [-0.2, 0) is 0 Å². The van der Waals surface area contributed by atoms with Gasteiger partial charge in [-0.3, -0.25) is 13.7 Å². The first-order chi connectivity index (χ1) is 73.8. The van der Waals surface area contributed by atoms with Crippen LogP contribution in [0.5, 0.6) is 0 Å². The fourth-order valence-corrected chi connectivity index (χ4v) is 21.6. The molecule has 3 aliphatic rings. The maximum absolute atomic E-state index is 5.26. The van der Waals surface area contributed by atoms with Crippen LogP contribution in [0, 0.1) is 0 Å². The molecular formula is C136H85N13. The van der Waals surface area contributed by atoms with Gasteiger partial charge in [-0.15, -0.1) is 0 Å². The Hall–Kier alpha value is -20.3. The minimum atomic E-state index is 0.616. The van der Waals surface area contributed by atoms with Crippen molar-refractivity contribution in [2.24, 2.45) is 0 Å². The molecule has 0 bridgehead atoms. The molecule has 6 aromatic heterocycles. The molecule has 0 amide bonds. The molecular weight excluding hydrogens is 1820 g/mol. The summed E-state index contributed by atoms with van der Waals surface area (Å²) >= 11 is 0. The van der Waals surface area contributed by atoms with Gasteiger partial charge in [0.25, 0.3) is 0 Å². The molecule has 149 heavy (non-hydrogen) atoms. The Morgan fingerprint density at radius 1 is 0.121 bits per heavy atom. The molecule has 13 nitrogen and oxygen atoms in total. The van der Waals surface area contributed by atoms with Gasteiger partial charge in [0.2, 0.25) is 0 Å². The number of nitrogens with zero attached hydrogens (tertiary/aromatic N) is 13. The van der Waals surface area contributed by atoms with Crippen molar-refractivity contribution >= 4 is 54.6 Å². The zero-order valence-electron chi connectivity index (χ0n) is 80.4. The molecule has 27 aromatic rings. The normalized spacial score (nSPS) is 11.6. The molecule has 0 atom stereocenters. The number of hydrogen-bond acceptors (Lipinski definition) is 10. The molecule has 0 spiro atoms. The van der Waals surface area contributed by atoms with Crippen LogP contribution in [0.1, 0.15) is 0 Å². The lowest BCUT2D eigenvalue weighted by molar-refractivity contribution is 1.07. The monoisotopic (exact) mass is 1900 g/mol. The number of hydrogen-bond donors (Lipinski definition) is 0. The fraction of sp³-hybridized carbons (Fsp3) is 0. The van der Waals surface area contributed by atoms with E-state index >= 15 is 0 Å². The topological polar surface area (TPSA) is 144 Å². The highest BCUT2D eigenvalue weighted by Crippen LogP contribution is 2.51. The van der Waals surface area contributed by atoms with E-state index in [9.17, 15) is 0 Å². The van der Waals surface area contributed by atoms with Crippen LogP contribution in [0.4, 0.5) is 0 Å². The minimum Gasteiger partial charge on any atom is -0.291 e. The summed E-state index contributed by atoms with van der Waals surface area (Å²) in [7, 11) is 0. The van der Waals surface area contributed by atoms with Gasteiger partial charge in [0.15, 0.2) is 29.1 Å². The minimum absolute atomic E-state index is 0.616. The van der Waals surface area contributed by atoms with Crippen LogP contribution in [0.3, 0.4) is 0 Å². The summed E-state index contributed by atoms with van der Waals surface area (Å²) < 4.78 is 6.99. The number of imidazole rings is 3. The van der Waals surface area contributed by atoms with Gasteiger partial charge in [-0.05, 0) is 133 Å². The van der Waals surface area contributed by atoms with Crippen molar-refractivity contribution in [1.82, 2.24) is 63.5 Å². The van der Waals surface area contributed by atoms with E-state index < -0.39 is 0 Å². The van der Waals surface area contributed by atoms with Gasteiger partial charge in [-0.25, -0.2) is 49.8 Å².